The molecule has 2 unspecified atom stereocenters. The number of ether oxygens (including phenoxy) is 1. The molecule has 0 aromatic carbocycles. The van der Waals surface area contributed by atoms with Crippen molar-refractivity contribution in [2.24, 2.45) is 0 Å². The molecule has 0 radical (unpaired) electrons. The first-order chi connectivity index (χ1) is 7.66. The van der Waals surface area contributed by atoms with E-state index in [9.17, 15) is 4.79 Å². The molecule has 2 heterocycles. The standard InChI is InChI=1S/C12H22N2O2/c1-9(2)16-8-12(15)13-10-5-7-14-6-3-4-11(10)14/h9-11H,3-8H2,1-2H3,(H,13,15). The van der Waals surface area contributed by atoms with Crippen molar-refractivity contribution < 1.29 is 9.53 Å². The fourth-order valence-electron chi connectivity index (χ4n) is 2.74. The van der Waals surface area contributed by atoms with E-state index >= 15 is 0 Å². The van der Waals surface area contributed by atoms with Gasteiger partial charge in [0.1, 0.15) is 6.61 Å². The normalized spacial score (nSPS) is 29.7. The fraction of sp³-hybridized carbons (Fsp3) is 0.917. The van der Waals surface area contributed by atoms with Crippen LogP contribution in [0.1, 0.15) is 33.1 Å². The predicted molar refractivity (Wildman–Crippen MR) is 62.2 cm³/mol. The molecule has 0 aromatic rings. The van der Waals surface area contributed by atoms with E-state index in [2.05, 4.69) is 10.2 Å². The minimum Gasteiger partial charge on any atom is -0.369 e. The molecular weight excluding hydrogens is 204 g/mol. The van der Waals surface area contributed by atoms with Crippen LogP contribution in [0.25, 0.3) is 0 Å². The Bertz CT molecular complexity index is 255. The Balaban J connectivity index is 1.75. The Kier molecular flexibility index (Phi) is 3.82. The third-order valence-corrected chi connectivity index (χ3v) is 3.50. The number of hydrogen-bond donors (Lipinski definition) is 1. The van der Waals surface area contributed by atoms with E-state index in [1.165, 1.54) is 19.4 Å². The molecule has 2 aliphatic heterocycles. The van der Waals surface area contributed by atoms with Crippen molar-refractivity contribution in [3.05, 3.63) is 0 Å². The minimum atomic E-state index is 0.0347. The summed E-state index contributed by atoms with van der Waals surface area (Å²) in [6.45, 7) is 6.43. The Morgan fingerprint density at radius 2 is 2.25 bits per heavy atom. The predicted octanol–water partition coefficient (Wildman–Crippen LogP) is 0.764. The maximum absolute atomic E-state index is 11.6. The highest BCUT2D eigenvalue weighted by atomic mass is 16.5. The Hall–Kier alpha value is -0.610. The van der Waals surface area contributed by atoms with Gasteiger partial charge in [-0.2, -0.15) is 0 Å². The molecule has 0 saturated carbocycles. The molecule has 2 aliphatic rings. The Morgan fingerprint density at radius 3 is 3.00 bits per heavy atom. The van der Waals surface area contributed by atoms with Crippen molar-refractivity contribution >= 4 is 5.91 Å². The zero-order valence-electron chi connectivity index (χ0n) is 10.2. The first kappa shape index (κ1) is 11.9. The molecule has 0 spiro atoms. The Labute approximate surface area is 97.3 Å². The summed E-state index contributed by atoms with van der Waals surface area (Å²) in [5, 5.41) is 3.10. The van der Waals surface area contributed by atoms with Crippen LogP contribution < -0.4 is 5.32 Å². The summed E-state index contributed by atoms with van der Waals surface area (Å²) in [4.78, 5) is 14.1. The van der Waals surface area contributed by atoms with E-state index in [1.54, 1.807) is 0 Å². The number of amides is 1. The first-order valence-electron chi connectivity index (χ1n) is 6.32. The van der Waals surface area contributed by atoms with Crippen LogP contribution in [0.3, 0.4) is 0 Å². The zero-order chi connectivity index (χ0) is 11.5. The zero-order valence-corrected chi connectivity index (χ0v) is 10.2. The van der Waals surface area contributed by atoms with Gasteiger partial charge in [0, 0.05) is 18.6 Å². The number of carbonyl (C=O) groups is 1. The van der Waals surface area contributed by atoms with Gasteiger partial charge in [-0.15, -0.1) is 0 Å². The molecule has 0 aromatic heterocycles. The highest BCUT2D eigenvalue weighted by molar-refractivity contribution is 5.77. The highest BCUT2D eigenvalue weighted by Crippen LogP contribution is 2.27. The molecule has 4 heteroatoms. The summed E-state index contributed by atoms with van der Waals surface area (Å²) >= 11 is 0. The van der Waals surface area contributed by atoms with Crippen LogP contribution >= 0.6 is 0 Å². The van der Waals surface area contributed by atoms with E-state index in [-0.39, 0.29) is 18.6 Å². The monoisotopic (exact) mass is 226 g/mol. The average molecular weight is 226 g/mol. The second kappa shape index (κ2) is 5.15. The van der Waals surface area contributed by atoms with E-state index in [0.717, 1.165) is 13.0 Å². The summed E-state index contributed by atoms with van der Waals surface area (Å²) in [5.74, 6) is 0.0347. The number of fused-ring (bicyclic) bond motifs is 1. The molecule has 1 N–H and O–H groups in total. The molecule has 0 bridgehead atoms. The lowest BCUT2D eigenvalue weighted by Gasteiger charge is -2.21. The number of hydrogen-bond acceptors (Lipinski definition) is 3. The van der Waals surface area contributed by atoms with Crippen molar-refractivity contribution in [2.45, 2.75) is 51.3 Å². The topological polar surface area (TPSA) is 41.6 Å². The Morgan fingerprint density at radius 1 is 1.44 bits per heavy atom. The van der Waals surface area contributed by atoms with E-state index in [0.29, 0.717) is 12.1 Å². The van der Waals surface area contributed by atoms with Gasteiger partial charge in [0.25, 0.3) is 0 Å². The van der Waals surface area contributed by atoms with Gasteiger partial charge >= 0.3 is 0 Å². The third kappa shape index (κ3) is 2.74. The van der Waals surface area contributed by atoms with Crippen molar-refractivity contribution in [3.8, 4) is 0 Å². The summed E-state index contributed by atoms with van der Waals surface area (Å²) in [5.41, 5.74) is 0. The minimum absolute atomic E-state index is 0.0347. The second-order valence-corrected chi connectivity index (χ2v) is 5.07. The number of carbonyl (C=O) groups excluding carboxylic acids is 1. The molecule has 4 nitrogen and oxygen atoms in total. The van der Waals surface area contributed by atoms with E-state index in [4.69, 9.17) is 4.74 Å². The quantitative estimate of drug-likeness (QED) is 0.769. The van der Waals surface area contributed by atoms with E-state index < -0.39 is 0 Å². The largest absolute Gasteiger partial charge is 0.369 e. The smallest absolute Gasteiger partial charge is 0.246 e. The van der Waals surface area contributed by atoms with Crippen LogP contribution in [0.5, 0.6) is 0 Å². The van der Waals surface area contributed by atoms with Gasteiger partial charge in [-0.1, -0.05) is 0 Å². The summed E-state index contributed by atoms with van der Waals surface area (Å²) < 4.78 is 5.30. The maximum atomic E-state index is 11.6. The molecule has 1 amide bonds. The number of rotatable bonds is 4. The first-order valence-corrected chi connectivity index (χ1v) is 6.32. The van der Waals surface area contributed by atoms with Crippen LogP contribution in [-0.2, 0) is 9.53 Å². The van der Waals surface area contributed by atoms with Gasteiger partial charge in [0.05, 0.1) is 6.10 Å². The van der Waals surface area contributed by atoms with Crippen molar-refractivity contribution in [3.63, 3.8) is 0 Å². The van der Waals surface area contributed by atoms with Gasteiger partial charge in [-0.3, -0.25) is 9.69 Å². The summed E-state index contributed by atoms with van der Waals surface area (Å²) in [6, 6.07) is 0.939. The fourth-order valence-corrected chi connectivity index (χ4v) is 2.74. The van der Waals surface area contributed by atoms with Crippen LogP contribution in [0, 0.1) is 0 Å². The lowest BCUT2D eigenvalue weighted by atomic mass is 10.1. The molecule has 92 valence electrons. The number of nitrogens with one attached hydrogen (secondary N) is 1. The van der Waals surface area contributed by atoms with Crippen molar-refractivity contribution in [2.75, 3.05) is 19.7 Å². The maximum Gasteiger partial charge on any atom is 0.246 e. The van der Waals surface area contributed by atoms with Gasteiger partial charge in [-0.05, 0) is 39.7 Å². The molecule has 2 atom stereocenters. The highest BCUT2D eigenvalue weighted by Gasteiger charge is 2.37. The van der Waals surface area contributed by atoms with Gasteiger partial charge in [-0.25, -0.2) is 0 Å². The summed E-state index contributed by atoms with van der Waals surface area (Å²) in [6.07, 6.45) is 3.73. The summed E-state index contributed by atoms with van der Waals surface area (Å²) in [7, 11) is 0. The lowest BCUT2D eigenvalue weighted by molar-refractivity contribution is -0.127. The molecule has 0 aliphatic carbocycles. The van der Waals surface area contributed by atoms with E-state index in [1.807, 2.05) is 13.8 Å². The molecule has 2 saturated heterocycles. The third-order valence-electron chi connectivity index (χ3n) is 3.50. The van der Waals surface area contributed by atoms with Crippen molar-refractivity contribution in [1.82, 2.24) is 10.2 Å². The molecule has 16 heavy (non-hydrogen) atoms. The SMILES string of the molecule is CC(C)OCC(=O)NC1CCN2CCCC12. The van der Waals surface area contributed by atoms with Gasteiger partial charge in [0.2, 0.25) is 5.91 Å². The van der Waals surface area contributed by atoms with Crippen LogP contribution in [0.2, 0.25) is 0 Å². The second-order valence-electron chi connectivity index (χ2n) is 5.07. The lowest BCUT2D eigenvalue weighted by Crippen LogP contribution is -2.43. The molecule has 2 rings (SSSR count). The molecular formula is C12H22N2O2. The number of nitrogens with zero attached hydrogens (tertiary/aromatic N) is 1. The van der Waals surface area contributed by atoms with Crippen LogP contribution in [0.15, 0.2) is 0 Å². The average Bonchev–Trinajstić information content (AvgIpc) is 2.80. The van der Waals surface area contributed by atoms with Gasteiger partial charge < -0.3 is 10.1 Å². The molecule has 2 fully saturated rings. The van der Waals surface area contributed by atoms with Crippen LogP contribution in [-0.4, -0.2) is 48.7 Å². The van der Waals surface area contributed by atoms with Crippen molar-refractivity contribution in [1.29, 1.82) is 0 Å². The van der Waals surface area contributed by atoms with Gasteiger partial charge in [0.15, 0.2) is 0 Å². The van der Waals surface area contributed by atoms with Crippen LogP contribution in [0.4, 0.5) is 0 Å².